The third-order valence-electron chi connectivity index (χ3n) is 3.03. The van der Waals surface area contributed by atoms with Gasteiger partial charge in [0.25, 0.3) is 0 Å². The average molecular weight is 307 g/mol. The van der Waals surface area contributed by atoms with E-state index < -0.39 is 0 Å². The van der Waals surface area contributed by atoms with Crippen LogP contribution in [0.2, 0.25) is 4.34 Å². The third kappa shape index (κ3) is 2.39. The Morgan fingerprint density at radius 3 is 2.79 bits per heavy atom. The fraction of sp³-hybridized carbons (Fsp3) is 0.0714. The van der Waals surface area contributed by atoms with Crippen molar-refractivity contribution in [2.45, 2.75) is 6.54 Å². The Morgan fingerprint density at radius 1 is 1.26 bits per heavy atom. The summed E-state index contributed by atoms with van der Waals surface area (Å²) in [4.78, 5) is 1.66. The predicted molar refractivity (Wildman–Crippen MR) is 86.3 cm³/mol. The summed E-state index contributed by atoms with van der Waals surface area (Å²) >= 11 is 12.6. The van der Waals surface area contributed by atoms with Crippen LogP contribution in [0.15, 0.2) is 42.6 Å². The number of nitrogens with zero attached hydrogens (tertiary/aromatic N) is 1. The molecule has 2 heterocycles. The highest BCUT2D eigenvalue weighted by molar-refractivity contribution is 7.80. The van der Waals surface area contributed by atoms with Crippen LogP contribution < -0.4 is 5.73 Å². The summed E-state index contributed by atoms with van der Waals surface area (Å²) in [5.74, 6) is 0. The van der Waals surface area contributed by atoms with E-state index in [1.165, 1.54) is 4.88 Å². The Bertz CT molecular complexity index is 758. The molecule has 0 saturated heterocycles. The van der Waals surface area contributed by atoms with Gasteiger partial charge < -0.3 is 10.3 Å². The summed E-state index contributed by atoms with van der Waals surface area (Å²) in [5, 5.41) is 1.10. The molecule has 5 heteroatoms. The van der Waals surface area contributed by atoms with Crippen LogP contribution >= 0.6 is 35.2 Å². The maximum Gasteiger partial charge on any atom is 0.104 e. The molecule has 0 radical (unpaired) electrons. The van der Waals surface area contributed by atoms with Gasteiger partial charge in [-0.05, 0) is 24.3 Å². The number of rotatable bonds is 3. The lowest BCUT2D eigenvalue weighted by Crippen LogP contribution is -2.09. The van der Waals surface area contributed by atoms with Gasteiger partial charge in [-0.1, -0.05) is 36.0 Å². The van der Waals surface area contributed by atoms with Crippen LogP contribution in [0.3, 0.4) is 0 Å². The van der Waals surface area contributed by atoms with Crippen molar-refractivity contribution >= 4 is 51.0 Å². The Kier molecular flexibility index (Phi) is 3.31. The first-order valence-corrected chi connectivity index (χ1v) is 7.37. The molecule has 96 valence electrons. The van der Waals surface area contributed by atoms with Gasteiger partial charge in [0, 0.05) is 27.5 Å². The van der Waals surface area contributed by atoms with Gasteiger partial charge in [0.1, 0.15) is 4.99 Å². The molecule has 0 atom stereocenters. The molecule has 0 unspecified atom stereocenters. The van der Waals surface area contributed by atoms with Gasteiger partial charge in [0.2, 0.25) is 0 Å². The summed E-state index contributed by atoms with van der Waals surface area (Å²) in [7, 11) is 0. The van der Waals surface area contributed by atoms with Crippen LogP contribution in [-0.2, 0) is 6.54 Å². The molecule has 2 aromatic heterocycles. The van der Waals surface area contributed by atoms with Crippen molar-refractivity contribution in [3.8, 4) is 0 Å². The molecule has 0 fully saturated rings. The molecular formula is C14H11ClN2S2. The summed E-state index contributed by atoms with van der Waals surface area (Å²) in [6.07, 6.45) is 2.06. The van der Waals surface area contributed by atoms with Crippen molar-refractivity contribution < 1.29 is 0 Å². The quantitative estimate of drug-likeness (QED) is 0.740. The van der Waals surface area contributed by atoms with E-state index in [9.17, 15) is 0 Å². The highest BCUT2D eigenvalue weighted by Crippen LogP contribution is 2.25. The zero-order valence-corrected chi connectivity index (χ0v) is 12.4. The Hall–Kier alpha value is -1.36. The first-order chi connectivity index (χ1) is 9.15. The summed E-state index contributed by atoms with van der Waals surface area (Å²) in [5.41, 5.74) is 7.81. The second-order valence-corrected chi connectivity index (χ2v) is 6.49. The molecule has 0 aliphatic carbocycles. The Labute approximate surface area is 125 Å². The molecule has 1 aromatic carbocycles. The lowest BCUT2D eigenvalue weighted by Gasteiger charge is -2.05. The second kappa shape index (κ2) is 4.96. The number of benzene rings is 1. The van der Waals surface area contributed by atoms with Crippen LogP contribution in [0.4, 0.5) is 0 Å². The average Bonchev–Trinajstić information content (AvgIpc) is 2.97. The lowest BCUT2D eigenvalue weighted by molar-refractivity contribution is 0.851. The zero-order valence-electron chi connectivity index (χ0n) is 9.97. The van der Waals surface area contributed by atoms with E-state index in [1.807, 2.05) is 18.2 Å². The van der Waals surface area contributed by atoms with Crippen molar-refractivity contribution in [2.75, 3.05) is 0 Å². The smallest absolute Gasteiger partial charge is 0.104 e. The van der Waals surface area contributed by atoms with Crippen molar-refractivity contribution in [1.82, 2.24) is 4.57 Å². The fourth-order valence-corrected chi connectivity index (χ4v) is 3.45. The van der Waals surface area contributed by atoms with E-state index in [2.05, 4.69) is 29.0 Å². The highest BCUT2D eigenvalue weighted by atomic mass is 35.5. The number of nitrogens with two attached hydrogens (primary N) is 1. The standard InChI is InChI=1S/C14H11ClN2S2/c15-13-5-4-9(19-13)8-17-7-6-10-11(14(16)18)2-1-3-12(10)17/h1-7H,8H2,(H2,16,18). The topological polar surface area (TPSA) is 30.9 Å². The molecule has 2 nitrogen and oxygen atoms in total. The SMILES string of the molecule is NC(=S)c1cccc2c1ccn2Cc1ccc(Cl)s1. The van der Waals surface area contributed by atoms with Crippen LogP contribution in [0.25, 0.3) is 10.9 Å². The second-order valence-electron chi connectivity index (χ2n) is 4.25. The molecule has 0 aliphatic rings. The van der Waals surface area contributed by atoms with Crippen LogP contribution in [0, 0.1) is 0 Å². The number of halogens is 1. The van der Waals surface area contributed by atoms with E-state index in [-0.39, 0.29) is 0 Å². The minimum absolute atomic E-state index is 0.433. The minimum atomic E-state index is 0.433. The van der Waals surface area contributed by atoms with Crippen LogP contribution in [-0.4, -0.2) is 9.56 Å². The number of thiocarbonyl (C=S) groups is 1. The largest absolute Gasteiger partial charge is 0.389 e. The molecule has 2 N–H and O–H groups in total. The van der Waals surface area contributed by atoms with Gasteiger partial charge in [-0.15, -0.1) is 11.3 Å². The number of hydrogen-bond donors (Lipinski definition) is 1. The van der Waals surface area contributed by atoms with E-state index in [1.54, 1.807) is 11.3 Å². The molecule has 0 bridgehead atoms. The maximum atomic E-state index is 5.96. The van der Waals surface area contributed by atoms with Gasteiger partial charge in [-0.25, -0.2) is 0 Å². The molecule has 0 saturated carbocycles. The van der Waals surface area contributed by atoms with Crippen molar-refractivity contribution in [3.63, 3.8) is 0 Å². The van der Waals surface area contributed by atoms with Gasteiger partial charge in [0.15, 0.2) is 0 Å². The molecule has 0 amide bonds. The molecule has 19 heavy (non-hydrogen) atoms. The van der Waals surface area contributed by atoms with E-state index in [4.69, 9.17) is 29.6 Å². The zero-order chi connectivity index (χ0) is 13.4. The number of hydrogen-bond acceptors (Lipinski definition) is 2. The monoisotopic (exact) mass is 306 g/mol. The Balaban J connectivity index is 2.06. The summed E-state index contributed by atoms with van der Waals surface area (Å²) < 4.78 is 2.99. The van der Waals surface area contributed by atoms with Gasteiger partial charge in [-0.2, -0.15) is 0 Å². The van der Waals surface area contributed by atoms with E-state index >= 15 is 0 Å². The molecule has 3 rings (SSSR count). The summed E-state index contributed by atoms with van der Waals surface area (Å²) in [6, 6.07) is 12.0. The fourth-order valence-electron chi connectivity index (χ4n) is 2.18. The van der Waals surface area contributed by atoms with Crippen LogP contribution in [0.5, 0.6) is 0 Å². The van der Waals surface area contributed by atoms with Gasteiger partial charge in [0.05, 0.1) is 10.9 Å². The van der Waals surface area contributed by atoms with Gasteiger partial charge in [-0.3, -0.25) is 0 Å². The number of thiophene rings is 1. The summed E-state index contributed by atoms with van der Waals surface area (Å²) in [6.45, 7) is 0.807. The lowest BCUT2D eigenvalue weighted by atomic mass is 10.1. The predicted octanol–water partition coefficient (Wildman–Crippen LogP) is 4.04. The first kappa shape index (κ1) is 12.7. The first-order valence-electron chi connectivity index (χ1n) is 5.77. The molecule has 3 aromatic rings. The van der Waals surface area contributed by atoms with E-state index in [0.717, 1.165) is 27.3 Å². The molecule has 0 aliphatic heterocycles. The van der Waals surface area contributed by atoms with Crippen molar-refractivity contribution in [2.24, 2.45) is 5.73 Å². The third-order valence-corrected chi connectivity index (χ3v) is 4.47. The minimum Gasteiger partial charge on any atom is -0.389 e. The molecular weight excluding hydrogens is 296 g/mol. The van der Waals surface area contributed by atoms with Crippen molar-refractivity contribution in [1.29, 1.82) is 0 Å². The van der Waals surface area contributed by atoms with Gasteiger partial charge >= 0.3 is 0 Å². The normalized spacial score (nSPS) is 11.0. The van der Waals surface area contributed by atoms with E-state index in [0.29, 0.717) is 4.99 Å². The van der Waals surface area contributed by atoms with Crippen molar-refractivity contribution in [3.05, 3.63) is 57.4 Å². The number of fused-ring (bicyclic) bond motifs is 1. The maximum absolute atomic E-state index is 5.96. The highest BCUT2D eigenvalue weighted by Gasteiger charge is 2.08. The molecule has 0 spiro atoms. The number of aromatic nitrogens is 1. The van der Waals surface area contributed by atoms with Crippen LogP contribution in [0.1, 0.15) is 10.4 Å². The Morgan fingerprint density at radius 2 is 2.11 bits per heavy atom.